The number of likely N-dealkylation sites (N-methyl/N-ethyl adjacent to an activating group) is 1. The van der Waals surface area contributed by atoms with E-state index in [0.29, 0.717) is 12.1 Å². The molecule has 1 aromatic rings. The van der Waals surface area contributed by atoms with Gasteiger partial charge in [-0.1, -0.05) is 0 Å². The normalized spacial score (nSPS) is 24.5. The number of hydrogen-bond acceptors (Lipinski definition) is 3. The summed E-state index contributed by atoms with van der Waals surface area (Å²) in [6, 6.07) is 1.16. The van der Waals surface area contributed by atoms with Crippen LogP contribution in [0.5, 0.6) is 0 Å². The maximum Gasteiger partial charge on any atom is 0.0946 e. The first-order chi connectivity index (χ1) is 7.74. The highest BCUT2D eigenvalue weighted by molar-refractivity contribution is 4.81. The molecule has 2 atom stereocenters. The number of rotatable bonds is 4. The minimum atomic E-state index is 0.505. The standard InChI is InChI=1S/C12H22N4/c1-11(8-16-7-5-13-10-16)14-12-4-3-6-15(2)9-12/h5,7,10-12,14H,3-4,6,8-9H2,1-2H3. The van der Waals surface area contributed by atoms with E-state index < -0.39 is 0 Å². The lowest BCUT2D eigenvalue weighted by Crippen LogP contribution is -2.48. The van der Waals surface area contributed by atoms with Gasteiger partial charge in [-0.25, -0.2) is 4.98 Å². The fraction of sp³-hybridized carbons (Fsp3) is 0.750. The molecule has 1 aromatic heterocycles. The van der Waals surface area contributed by atoms with Crippen molar-refractivity contribution in [2.45, 2.75) is 38.4 Å². The average Bonchev–Trinajstić information content (AvgIpc) is 2.70. The van der Waals surface area contributed by atoms with Crippen LogP contribution in [0.2, 0.25) is 0 Å². The van der Waals surface area contributed by atoms with E-state index in [1.165, 1.54) is 25.9 Å². The lowest BCUT2D eigenvalue weighted by molar-refractivity contribution is 0.214. The molecule has 0 saturated carbocycles. The highest BCUT2D eigenvalue weighted by Crippen LogP contribution is 2.08. The van der Waals surface area contributed by atoms with Crippen LogP contribution >= 0.6 is 0 Å². The van der Waals surface area contributed by atoms with Crippen molar-refractivity contribution in [3.8, 4) is 0 Å². The molecule has 0 amide bonds. The van der Waals surface area contributed by atoms with E-state index in [1.54, 1.807) is 0 Å². The van der Waals surface area contributed by atoms with Gasteiger partial charge in [0.25, 0.3) is 0 Å². The van der Waals surface area contributed by atoms with Gasteiger partial charge in [-0.2, -0.15) is 0 Å². The highest BCUT2D eigenvalue weighted by atomic mass is 15.2. The lowest BCUT2D eigenvalue weighted by atomic mass is 10.1. The number of piperidine rings is 1. The van der Waals surface area contributed by atoms with Crippen molar-refractivity contribution < 1.29 is 0 Å². The Morgan fingerprint density at radius 1 is 1.56 bits per heavy atom. The van der Waals surface area contributed by atoms with Crippen molar-refractivity contribution in [1.82, 2.24) is 19.8 Å². The summed E-state index contributed by atoms with van der Waals surface area (Å²) >= 11 is 0. The summed E-state index contributed by atoms with van der Waals surface area (Å²) in [5, 5.41) is 3.70. The smallest absolute Gasteiger partial charge is 0.0946 e. The summed E-state index contributed by atoms with van der Waals surface area (Å²) in [5.41, 5.74) is 0. The van der Waals surface area contributed by atoms with Gasteiger partial charge in [-0.05, 0) is 33.4 Å². The van der Waals surface area contributed by atoms with Crippen LogP contribution < -0.4 is 5.32 Å². The Hall–Kier alpha value is -0.870. The molecular formula is C12H22N4. The maximum atomic E-state index is 4.06. The van der Waals surface area contributed by atoms with Gasteiger partial charge in [0, 0.05) is 37.6 Å². The number of likely N-dealkylation sites (tertiary alicyclic amines) is 1. The van der Waals surface area contributed by atoms with E-state index >= 15 is 0 Å². The van der Waals surface area contributed by atoms with Crippen LogP contribution in [0, 0.1) is 0 Å². The minimum Gasteiger partial charge on any atom is -0.336 e. The fourth-order valence-electron chi connectivity index (χ4n) is 2.47. The molecule has 16 heavy (non-hydrogen) atoms. The monoisotopic (exact) mass is 222 g/mol. The third kappa shape index (κ3) is 3.32. The van der Waals surface area contributed by atoms with Crippen LogP contribution in [0.4, 0.5) is 0 Å². The van der Waals surface area contributed by atoms with E-state index in [-0.39, 0.29) is 0 Å². The predicted octanol–water partition coefficient (Wildman–Crippen LogP) is 0.955. The minimum absolute atomic E-state index is 0.505. The molecule has 1 aliphatic heterocycles. The van der Waals surface area contributed by atoms with Gasteiger partial charge in [-0.3, -0.25) is 0 Å². The van der Waals surface area contributed by atoms with E-state index in [4.69, 9.17) is 0 Å². The Labute approximate surface area is 97.7 Å². The lowest BCUT2D eigenvalue weighted by Gasteiger charge is -2.32. The van der Waals surface area contributed by atoms with E-state index in [1.807, 2.05) is 18.7 Å². The van der Waals surface area contributed by atoms with E-state index in [2.05, 4.69) is 33.7 Å². The first kappa shape index (κ1) is 11.6. The zero-order valence-electron chi connectivity index (χ0n) is 10.3. The Morgan fingerprint density at radius 3 is 3.12 bits per heavy atom. The highest BCUT2D eigenvalue weighted by Gasteiger charge is 2.18. The maximum absolute atomic E-state index is 4.06. The van der Waals surface area contributed by atoms with Gasteiger partial charge >= 0.3 is 0 Å². The Kier molecular flexibility index (Phi) is 3.96. The molecule has 0 bridgehead atoms. The summed E-state index contributed by atoms with van der Waals surface area (Å²) in [6.07, 6.45) is 8.35. The summed E-state index contributed by atoms with van der Waals surface area (Å²) in [4.78, 5) is 6.47. The zero-order valence-corrected chi connectivity index (χ0v) is 10.3. The largest absolute Gasteiger partial charge is 0.336 e. The van der Waals surface area contributed by atoms with Crippen LogP contribution in [0.25, 0.3) is 0 Å². The molecule has 2 heterocycles. The summed E-state index contributed by atoms with van der Waals surface area (Å²) in [7, 11) is 2.20. The molecule has 0 aromatic carbocycles. The Morgan fingerprint density at radius 2 is 2.44 bits per heavy atom. The van der Waals surface area contributed by atoms with Gasteiger partial charge in [-0.15, -0.1) is 0 Å². The van der Waals surface area contributed by atoms with Crippen molar-refractivity contribution in [2.75, 3.05) is 20.1 Å². The summed E-state index contributed by atoms with van der Waals surface area (Å²) < 4.78 is 2.13. The van der Waals surface area contributed by atoms with Crippen LogP contribution in [-0.4, -0.2) is 46.7 Å². The molecule has 4 heteroatoms. The molecule has 0 aliphatic carbocycles. The van der Waals surface area contributed by atoms with Gasteiger partial charge < -0.3 is 14.8 Å². The molecule has 90 valence electrons. The third-order valence-electron chi connectivity index (χ3n) is 3.19. The van der Waals surface area contributed by atoms with Gasteiger partial charge in [0.15, 0.2) is 0 Å². The third-order valence-corrected chi connectivity index (χ3v) is 3.19. The molecule has 1 fully saturated rings. The Balaban J connectivity index is 1.76. The van der Waals surface area contributed by atoms with E-state index in [9.17, 15) is 0 Å². The van der Waals surface area contributed by atoms with Crippen molar-refractivity contribution in [3.63, 3.8) is 0 Å². The Bertz CT molecular complexity index is 296. The van der Waals surface area contributed by atoms with Crippen molar-refractivity contribution >= 4 is 0 Å². The van der Waals surface area contributed by atoms with Crippen LogP contribution in [-0.2, 0) is 6.54 Å². The molecule has 4 nitrogen and oxygen atoms in total. The summed E-state index contributed by atoms with van der Waals surface area (Å²) in [5.74, 6) is 0. The second kappa shape index (κ2) is 5.46. The van der Waals surface area contributed by atoms with Crippen molar-refractivity contribution in [2.24, 2.45) is 0 Å². The fourth-order valence-corrected chi connectivity index (χ4v) is 2.47. The molecule has 1 N–H and O–H groups in total. The zero-order chi connectivity index (χ0) is 11.4. The molecule has 2 unspecified atom stereocenters. The van der Waals surface area contributed by atoms with Gasteiger partial charge in [0.05, 0.1) is 6.33 Å². The molecule has 0 spiro atoms. The second-order valence-electron chi connectivity index (χ2n) is 4.93. The molecular weight excluding hydrogens is 200 g/mol. The number of nitrogens with one attached hydrogen (secondary N) is 1. The number of nitrogens with zero attached hydrogens (tertiary/aromatic N) is 3. The molecule has 1 saturated heterocycles. The van der Waals surface area contributed by atoms with Crippen LogP contribution in [0.15, 0.2) is 18.7 Å². The number of hydrogen-bond donors (Lipinski definition) is 1. The van der Waals surface area contributed by atoms with Gasteiger partial charge in [0.2, 0.25) is 0 Å². The second-order valence-corrected chi connectivity index (χ2v) is 4.93. The van der Waals surface area contributed by atoms with Crippen LogP contribution in [0.1, 0.15) is 19.8 Å². The molecule has 2 rings (SSSR count). The average molecular weight is 222 g/mol. The van der Waals surface area contributed by atoms with Gasteiger partial charge in [0.1, 0.15) is 0 Å². The van der Waals surface area contributed by atoms with E-state index in [0.717, 1.165) is 6.54 Å². The molecule has 1 aliphatic rings. The van der Waals surface area contributed by atoms with Crippen molar-refractivity contribution in [3.05, 3.63) is 18.7 Å². The number of imidazole rings is 1. The number of aromatic nitrogens is 2. The van der Waals surface area contributed by atoms with Crippen molar-refractivity contribution in [1.29, 1.82) is 0 Å². The topological polar surface area (TPSA) is 33.1 Å². The van der Waals surface area contributed by atoms with Crippen LogP contribution in [0.3, 0.4) is 0 Å². The molecule has 0 radical (unpaired) electrons. The first-order valence-corrected chi connectivity index (χ1v) is 6.14. The summed E-state index contributed by atoms with van der Waals surface area (Å²) in [6.45, 7) is 5.66. The first-order valence-electron chi connectivity index (χ1n) is 6.14. The predicted molar refractivity (Wildman–Crippen MR) is 65.3 cm³/mol. The SMILES string of the molecule is CC(Cn1ccnc1)NC1CCCN(C)C1. The quantitative estimate of drug-likeness (QED) is 0.823.